The van der Waals surface area contributed by atoms with E-state index in [2.05, 4.69) is 13.2 Å². The van der Waals surface area contributed by atoms with E-state index in [1.807, 2.05) is 6.08 Å². The molecule has 0 saturated heterocycles. The van der Waals surface area contributed by atoms with Crippen LogP contribution in [0.25, 0.3) is 0 Å². The van der Waals surface area contributed by atoms with Crippen LogP contribution in [0, 0.1) is 47.1 Å². The SMILES string of the molecule is C=CCCc1c(F)cc(OC(=O)C2CCCC3CC(C4CCC(CCC=C)CC4)CCC32)cc1F. The van der Waals surface area contributed by atoms with Gasteiger partial charge in [-0.25, -0.2) is 8.78 Å². The van der Waals surface area contributed by atoms with Gasteiger partial charge in [-0.2, -0.15) is 0 Å². The number of esters is 1. The van der Waals surface area contributed by atoms with E-state index in [9.17, 15) is 13.6 Å². The number of hydrogen-bond acceptors (Lipinski definition) is 2. The maximum Gasteiger partial charge on any atom is 0.314 e. The van der Waals surface area contributed by atoms with Gasteiger partial charge >= 0.3 is 5.97 Å². The molecule has 1 aromatic rings. The Morgan fingerprint density at radius 2 is 1.57 bits per heavy atom. The number of carbonyl (C=O) groups excluding carboxylic acids is 1. The van der Waals surface area contributed by atoms with Crippen molar-refractivity contribution in [1.82, 2.24) is 0 Å². The van der Waals surface area contributed by atoms with Gasteiger partial charge in [0.1, 0.15) is 17.4 Å². The molecule has 4 unspecified atom stereocenters. The van der Waals surface area contributed by atoms with Gasteiger partial charge in [-0.15, -0.1) is 13.2 Å². The van der Waals surface area contributed by atoms with Crippen molar-refractivity contribution < 1.29 is 18.3 Å². The van der Waals surface area contributed by atoms with E-state index in [0.717, 1.165) is 55.6 Å². The van der Waals surface area contributed by atoms with Crippen molar-refractivity contribution in [2.45, 2.75) is 89.9 Å². The van der Waals surface area contributed by atoms with E-state index in [0.29, 0.717) is 18.3 Å². The van der Waals surface area contributed by atoms with Gasteiger partial charge in [-0.05, 0) is 93.8 Å². The Kier molecular flexibility index (Phi) is 9.19. The number of allylic oxidation sites excluding steroid dienone is 2. The number of ether oxygens (including phenoxy) is 1. The molecule has 0 spiro atoms. The maximum atomic E-state index is 14.4. The van der Waals surface area contributed by atoms with Crippen LogP contribution in [0.2, 0.25) is 0 Å². The Labute approximate surface area is 210 Å². The van der Waals surface area contributed by atoms with Gasteiger partial charge < -0.3 is 4.74 Å². The second kappa shape index (κ2) is 12.3. The molecule has 192 valence electrons. The lowest BCUT2D eigenvalue weighted by Gasteiger charge is -2.46. The van der Waals surface area contributed by atoms with Crippen molar-refractivity contribution in [2.24, 2.45) is 35.5 Å². The zero-order valence-corrected chi connectivity index (χ0v) is 21.2. The van der Waals surface area contributed by atoms with Gasteiger partial charge in [0.15, 0.2) is 0 Å². The number of carbonyl (C=O) groups is 1. The highest BCUT2D eigenvalue weighted by Gasteiger charge is 2.43. The molecule has 0 radical (unpaired) electrons. The van der Waals surface area contributed by atoms with E-state index in [1.165, 1.54) is 51.4 Å². The number of hydrogen-bond donors (Lipinski definition) is 0. The fourth-order valence-electron chi connectivity index (χ4n) is 7.34. The van der Waals surface area contributed by atoms with Crippen LogP contribution in [0.3, 0.4) is 0 Å². The van der Waals surface area contributed by atoms with Crippen molar-refractivity contribution in [3.05, 3.63) is 54.6 Å². The zero-order valence-electron chi connectivity index (χ0n) is 21.2. The van der Waals surface area contributed by atoms with Crippen LogP contribution in [0.4, 0.5) is 8.78 Å². The molecule has 4 heteroatoms. The highest BCUT2D eigenvalue weighted by molar-refractivity contribution is 5.75. The molecule has 0 amide bonds. The summed E-state index contributed by atoms with van der Waals surface area (Å²) in [6.45, 7) is 7.47. The highest BCUT2D eigenvalue weighted by Crippen LogP contribution is 2.50. The van der Waals surface area contributed by atoms with E-state index >= 15 is 0 Å². The molecule has 4 atom stereocenters. The summed E-state index contributed by atoms with van der Waals surface area (Å²) in [6, 6.07) is 2.31. The number of fused-ring (bicyclic) bond motifs is 1. The molecular weight excluding hydrogens is 442 g/mol. The van der Waals surface area contributed by atoms with Crippen LogP contribution < -0.4 is 4.74 Å². The number of rotatable bonds is 9. The molecule has 0 N–H and O–H groups in total. The smallest absolute Gasteiger partial charge is 0.314 e. The third-order valence-corrected chi connectivity index (χ3v) is 9.26. The molecule has 3 aliphatic rings. The second-order valence-corrected chi connectivity index (χ2v) is 11.3. The monoisotopic (exact) mass is 484 g/mol. The fourth-order valence-corrected chi connectivity index (χ4v) is 7.34. The van der Waals surface area contributed by atoms with Gasteiger partial charge in [0.2, 0.25) is 0 Å². The summed E-state index contributed by atoms with van der Waals surface area (Å²) >= 11 is 0. The van der Waals surface area contributed by atoms with E-state index in [4.69, 9.17) is 4.74 Å². The third-order valence-electron chi connectivity index (χ3n) is 9.26. The first-order valence-corrected chi connectivity index (χ1v) is 13.9. The first-order valence-electron chi connectivity index (χ1n) is 13.9. The Morgan fingerprint density at radius 1 is 0.886 bits per heavy atom. The minimum atomic E-state index is -0.657. The molecule has 0 bridgehead atoms. The Bertz CT molecular complexity index is 863. The topological polar surface area (TPSA) is 26.3 Å². The first kappa shape index (κ1) is 26.1. The van der Waals surface area contributed by atoms with Crippen LogP contribution in [0.1, 0.15) is 89.0 Å². The lowest BCUT2D eigenvalue weighted by atomic mass is 9.59. The lowest BCUT2D eigenvalue weighted by Crippen LogP contribution is -2.40. The molecule has 3 saturated carbocycles. The molecule has 1 aromatic carbocycles. The molecule has 2 nitrogen and oxygen atoms in total. The van der Waals surface area contributed by atoms with Crippen molar-refractivity contribution in [3.8, 4) is 5.75 Å². The minimum absolute atomic E-state index is 0.0172. The van der Waals surface area contributed by atoms with Crippen molar-refractivity contribution in [1.29, 1.82) is 0 Å². The maximum absolute atomic E-state index is 14.4. The van der Waals surface area contributed by atoms with Crippen LogP contribution in [-0.4, -0.2) is 5.97 Å². The summed E-state index contributed by atoms with van der Waals surface area (Å²) in [4.78, 5) is 13.1. The predicted octanol–water partition coefficient (Wildman–Crippen LogP) is 8.59. The van der Waals surface area contributed by atoms with Gasteiger partial charge in [0.25, 0.3) is 0 Å². The summed E-state index contributed by atoms with van der Waals surface area (Å²) in [5, 5.41) is 0. The van der Waals surface area contributed by atoms with E-state index in [1.54, 1.807) is 6.08 Å². The summed E-state index contributed by atoms with van der Waals surface area (Å²) in [5.41, 5.74) is 0.0236. The van der Waals surface area contributed by atoms with Crippen molar-refractivity contribution in [3.63, 3.8) is 0 Å². The Balaban J connectivity index is 1.33. The number of halogens is 2. The fraction of sp³-hybridized carbons (Fsp3) is 0.645. The number of benzene rings is 1. The zero-order chi connectivity index (χ0) is 24.8. The van der Waals surface area contributed by atoms with E-state index < -0.39 is 11.6 Å². The summed E-state index contributed by atoms with van der Waals surface area (Å²) < 4.78 is 34.4. The summed E-state index contributed by atoms with van der Waals surface area (Å²) in [5.74, 6) is 1.63. The Hall–Kier alpha value is -1.97. The molecule has 35 heavy (non-hydrogen) atoms. The lowest BCUT2D eigenvalue weighted by molar-refractivity contribution is -0.144. The molecule has 4 rings (SSSR count). The average molecular weight is 485 g/mol. The molecule has 3 fully saturated rings. The van der Waals surface area contributed by atoms with Crippen LogP contribution >= 0.6 is 0 Å². The Morgan fingerprint density at radius 3 is 2.26 bits per heavy atom. The van der Waals surface area contributed by atoms with Gasteiger partial charge in [-0.3, -0.25) is 4.79 Å². The normalized spacial score (nSPS) is 30.8. The highest BCUT2D eigenvalue weighted by atomic mass is 19.1. The minimum Gasteiger partial charge on any atom is -0.426 e. The summed E-state index contributed by atoms with van der Waals surface area (Å²) in [7, 11) is 0. The average Bonchev–Trinajstić information content (AvgIpc) is 2.86. The predicted molar refractivity (Wildman–Crippen MR) is 137 cm³/mol. The quantitative estimate of drug-likeness (QED) is 0.199. The standard InChI is InChI=1S/C31H42F2O2/c1-3-5-8-21-12-14-22(15-13-21)23-16-17-26-24(18-23)9-7-11-27(26)31(34)35-25-19-29(32)28(10-6-4-2)30(33)20-25/h3-4,19-24,26-27H,1-2,5-18H2. The van der Waals surface area contributed by atoms with Crippen molar-refractivity contribution >= 4 is 5.97 Å². The first-order chi connectivity index (χ1) is 17.0. The van der Waals surface area contributed by atoms with Crippen molar-refractivity contribution in [2.75, 3.05) is 0 Å². The molecule has 0 aromatic heterocycles. The van der Waals surface area contributed by atoms with E-state index in [-0.39, 0.29) is 29.6 Å². The molecule has 3 aliphatic carbocycles. The van der Waals surface area contributed by atoms with Crippen LogP contribution in [0.15, 0.2) is 37.4 Å². The molecule has 0 aliphatic heterocycles. The van der Waals surface area contributed by atoms with Crippen LogP contribution in [-0.2, 0) is 11.2 Å². The molecular formula is C31H42F2O2. The largest absolute Gasteiger partial charge is 0.426 e. The van der Waals surface area contributed by atoms with Gasteiger partial charge in [0.05, 0.1) is 5.92 Å². The van der Waals surface area contributed by atoms with Gasteiger partial charge in [0, 0.05) is 17.7 Å². The van der Waals surface area contributed by atoms with Crippen LogP contribution in [0.5, 0.6) is 5.75 Å². The summed E-state index contributed by atoms with van der Waals surface area (Å²) in [6.07, 6.45) is 18.9. The second-order valence-electron chi connectivity index (χ2n) is 11.3. The third kappa shape index (κ3) is 6.43. The van der Waals surface area contributed by atoms with Gasteiger partial charge in [-0.1, -0.05) is 37.8 Å². The molecule has 0 heterocycles.